The van der Waals surface area contributed by atoms with Gasteiger partial charge in [0.15, 0.2) is 0 Å². The first-order valence-corrected chi connectivity index (χ1v) is 9.36. The number of likely N-dealkylation sites (tertiary alicyclic amines) is 1. The van der Waals surface area contributed by atoms with Gasteiger partial charge in [0.05, 0.1) is 18.1 Å². The van der Waals surface area contributed by atoms with Gasteiger partial charge in [0.25, 0.3) is 5.91 Å². The van der Waals surface area contributed by atoms with Crippen molar-refractivity contribution in [2.75, 3.05) is 20.2 Å². The molecule has 26 heavy (non-hydrogen) atoms. The Kier molecular flexibility index (Phi) is 4.68. The molecule has 1 saturated carbocycles. The second-order valence-corrected chi connectivity index (χ2v) is 7.27. The lowest BCUT2D eigenvalue weighted by atomic mass is 10.0. The maximum atomic E-state index is 12.8. The topological polar surface area (TPSA) is 74.4 Å². The fourth-order valence-corrected chi connectivity index (χ4v) is 4.12. The standard InChI is InChI=1S/C20H25N3O3/c1-26-18-8-4-6-15(18)19(24)21-12-14-9-10-23(14)20(25)17-11-13-5-2-3-7-16(13)22-17/h2-3,5,7,11,14-15,18,22H,4,6,8-10,12H2,1H3,(H,21,24). The number of carbonyl (C=O) groups is 2. The molecule has 138 valence electrons. The molecule has 2 aliphatic rings. The highest BCUT2D eigenvalue weighted by Crippen LogP contribution is 2.28. The average molecular weight is 355 g/mol. The van der Waals surface area contributed by atoms with Crippen LogP contribution in [0, 0.1) is 5.92 Å². The van der Waals surface area contributed by atoms with Crippen LogP contribution in [0.2, 0.25) is 0 Å². The van der Waals surface area contributed by atoms with Crippen LogP contribution in [0.25, 0.3) is 10.9 Å². The van der Waals surface area contributed by atoms with Crippen LogP contribution >= 0.6 is 0 Å². The van der Waals surface area contributed by atoms with E-state index in [2.05, 4.69) is 10.3 Å². The highest BCUT2D eigenvalue weighted by molar-refractivity contribution is 5.98. The van der Waals surface area contributed by atoms with Gasteiger partial charge in [0, 0.05) is 31.1 Å². The molecule has 1 aromatic heterocycles. The molecule has 2 amide bonds. The Bertz CT molecular complexity index is 782. The van der Waals surface area contributed by atoms with E-state index in [1.807, 2.05) is 35.2 Å². The molecule has 1 aliphatic heterocycles. The second-order valence-electron chi connectivity index (χ2n) is 7.27. The molecule has 6 heteroatoms. The largest absolute Gasteiger partial charge is 0.381 e. The second kappa shape index (κ2) is 7.11. The fourth-order valence-electron chi connectivity index (χ4n) is 4.12. The molecule has 4 rings (SSSR count). The van der Waals surface area contributed by atoms with E-state index in [1.54, 1.807) is 7.11 Å². The first-order valence-electron chi connectivity index (χ1n) is 9.36. The van der Waals surface area contributed by atoms with E-state index in [1.165, 1.54) is 0 Å². The van der Waals surface area contributed by atoms with E-state index in [0.29, 0.717) is 12.2 Å². The zero-order valence-corrected chi connectivity index (χ0v) is 15.0. The van der Waals surface area contributed by atoms with E-state index in [4.69, 9.17) is 4.74 Å². The number of aromatic nitrogens is 1. The van der Waals surface area contributed by atoms with Crippen molar-refractivity contribution in [2.24, 2.45) is 5.92 Å². The number of benzene rings is 1. The Morgan fingerprint density at radius 2 is 2.12 bits per heavy atom. The van der Waals surface area contributed by atoms with Crippen molar-refractivity contribution < 1.29 is 14.3 Å². The van der Waals surface area contributed by atoms with Crippen LogP contribution in [-0.2, 0) is 9.53 Å². The summed E-state index contributed by atoms with van der Waals surface area (Å²) in [6.07, 6.45) is 3.81. The molecule has 2 aromatic rings. The van der Waals surface area contributed by atoms with Crippen molar-refractivity contribution in [1.29, 1.82) is 0 Å². The number of ether oxygens (including phenoxy) is 1. The van der Waals surface area contributed by atoms with Crippen molar-refractivity contribution in [3.63, 3.8) is 0 Å². The van der Waals surface area contributed by atoms with Gasteiger partial charge < -0.3 is 19.9 Å². The summed E-state index contributed by atoms with van der Waals surface area (Å²) in [6, 6.07) is 9.83. The fraction of sp³-hybridized carbons (Fsp3) is 0.500. The number of aromatic amines is 1. The Morgan fingerprint density at radius 3 is 2.85 bits per heavy atom. The van der Waals surface area contributed by atoms with Gasteiger partial charge in [-0.1, -0.05) is 18.2 Å². The van der Waals surface area contributed by atoms with Gasteiger partial charge in [0.1, 0.15) is 5.69 Å². The summed E-state index contributed by atoms with van der Waals surface area (Å²) < 4.78 is 5.41. The molecule has 2 heterocycles. The molecule has 3 unspecified atom stereocenters. The summed E-state index contributed by atoms with van der Waals surface area (Å²) in [5.41, 5.74) is 1.57. The van der Waals surface area contributed by atoms with Gasteiger partial charge in [-0.25, -0.2) is 0 Å². The highest BCUT2D eigenvalue weighted by Gasteiger charge is 2.36. The van der Waals surface area contributed by atoms with E-state index in [0.717, 1.165) is 43.1 Å². The predicted octanol–water partition coefficient (Wildman–Crippen LogP) is 2.31. The minimum absolute atomic E-state index is 0.00216. The normalized spacial score (nSPS) is 25.3. The van der Waals surface area contributed by atoms with Crippen LogP contribution in [0.15, 0.2) is 30.3 Å². The molecular formula is C20H25N3O3. The number of para-hydroxylation sites is 1. The van der Waals surface area contributed by atoms with E-state index >= 15 is 0 Å². The number of H-pyrrole nitrogens is 1. The lowest BCUT2D eigenvalue weighted by Gasteiger charge is -2.41. The van der Waals surface area contributed by atoms with Gasteiger partial charge in [-0.05, 0) is 37.8 Å². The molecule has 1 saturated heterocycles. The maximum Gasteiger partial charge on any atom is 0.270 e. The number of carbonyl (C=O) groups excluding carboxylic acids is 2. The number of nitrogens with one attached hydrogen (secondary N) is 2. The molecule has 0 radical (unpaired) electrons. The number of amides is 2. The lowest BCUT2D eigenvalue weighted by Crippen LogP contribution is -2.56. The molecule has 0 spiro atoms. The van der Waals surface area contributed by atoms with E-state index in [-0.39, 0.29) is 29.9 Å². The summed E-state index contributed by atoms with van der Waals surface area (Å²) in [6.45, 7) is 1.25. The Balaban J connectivity index is 1.35. The molecule has 1 aliphatic carbocycles. The highest BCUT2D eigenvalue weighted by atomic mass is 16.5. The number of nitrogens with zero attached hydrogens (tertiary/aromatic N) is 1. The summed E-state index contributed by atoms with van der Waals surface area (Å²) in [5, 5.41) is 4.07. The SMILES string of the molecule is COC1CCCC1C(=O)NCC1CCN1C(=O)c1cc2ccccc2[nH]1. The van der Waals surface area contributed by atoms with Crippen LogP contribution in [-0.4, -0.2) is 54.0 Å². The monoisotopic (exact) mass is 355 g/mol. The van der Waals surface area contributed by atoms with Crippen LogP contribution in [0.1, 0.15) is 36.2 Å². The van der Waals surface area contributed by atoms with Crippen molar-refractivity contribution in [3.05, 3.63) is 36.0 Å². The molecule has 3 atom stereocenters. The molecule has 2 fully saturated rings. The molecule has 2 N–H and O–H groups in total. The Morgan fingerprint density at radius 1 is 1.27 bits per heavy atom. The maximum absolute atomic E-state index is 12.8. The number of fused-ring (bicyclic) bond motifs is 1. The summed E-state index contributed by atoms with van der Waals surface area (Å²) in [7, 11) is 1.67. The van der Waals surface area contributed by atoms with Crippen molar-refractivity contribution >= 4 is 22.7 Å². The molecule has 1 aromatic carbocycles. The first kappa shape index (κ1) is 17.1. The van der Waals surface area contributed by atoms with Gasteiger partial charge in [-0.3, -0.25) is 9.59 Å². The van der Waals surface area contributed by atoms with Crippen molar-refractivity contribution in [2.45, 2.75) is 37.8 Å². The number of hydrogen-bond donors (Lipinski definition) is 2. The van der Waals surface area contributed by atoms with E-state index in [9.17, 15) is 9.59 Å². The third-order valence-corrected chi connectivity index (χ3v) is 5.77. The minimum atomic E-state index is -0.0575. The van der Waals surface area contributed by atoms with Crippen LogP contribution in [0.4, 0.5) is 0 Å². The Hall–Kier alpha value is -2.34. The predicted molar refractivity (Wildman–Crippen MR) is 98.9 cm³/mol. The number of methoxy groups -OCH3 is 1. The summed E-state index contributed by atoms with van der Waals surface area (Å²) in [5.74, 6) is -0.000436. The molecule has 6 nitrogen and oxygen atoms in total. The van der Waals surface area contributed by atoms with Gasteiger partial charge >= 0.3 is 0 Å². The zero-order chi connectivity index (χ0) is 18.1. The van der Waals surface area contributed by atoms with Gasteiger partial charge in [0.2, 0.25) is 5.91 Å². The van der Waals surface area contributed by atoms with Crippen LogP contribution in [0.3, 0.4) is 0 Å². The van der Waals surface area contributed by atoms with Crippen LogP contribution < -0.4 is 5.32 Å². The summed E-state index contributed by atoms with van der Waals surface area (Å²) in [4.78, 5) is 30.2. The lowest BCUT2D eigenvalue weighted by molar-refractivity contribution is -0.128. The van der Waals surface area contributed by atoms with Crippen LogP contribution in [0.5, 0.6) is 0 Å². The third-order valence-electron chi connectivity index (χ3n) is 5.77. The first-order chi connectivity index (χ1) is 12.7. The van der Waals surface area contributed by atoms with Gasteiger partial charge in [-0.2, -0.15) is 0 Å². The minimum Gasteiger partial charge on any atom is -0.381 e. The quantitative estimate of drug-likeness (QED) is 0.864. The number of rotatable bonds is 5. The van der Waals surface area contributed by atoms with Gasteiger partial charge in [-0.15, -0.1) is 0 Å². The zero-order valence-electron chi connectivity index (χ0n) is 15.0. The summed E-state index contributed by atoms with van der Waals surface area (Å²) >= 11 is 0. The average Bonchev–Trinajstić information content (AvgIpc) is 3.27. The number of hydrogen-bond acceptors (Lipinski definition) is 3. The smallest absolute Gasteiger partial charge is 0.270 e. The molecular weight excluding hydrogens is 330 g/mol. The van der Waals surface area contributed by atoms with E-state index < -0.39 is 0 Å². The van der Waals surface area contributed by atoms with Crippen molar-refractivity contribution in [1.82, 2.24) is 15.2 Å². The van der Waals surface area contributed by atoms with Crippen molar-refractivity contribution in [3.8, 4) is 0 Å². The third kappa shape index (κ3) is 3.09. The molecule has 0 bridgehead atoms. The Labute approximate surface area is 152 Å².